The summed E-state index contributed by atoms with van der Waals surface area (Å²) >= 11 is 0. The van der Waals surface area contributed by atoms with Crippen LogP contribution in [0, 0.1) is 13.8 Å². The minimum atomic E-state index is 0.313. The first kappa shape index (κ1) is 9.65. The highest BCUT2D eigenvalue weighted by atomic mass is 15.0. The second-order valence-electron chi connectivity index (χ2n) is 3.62. The molecule has 15 heavy (non-hydrogen) atoms. The summed E-state index contributed by atoms with van der Waals surface area (Å²) in [5.74, 6) is 0.313. The van der Waals surface area contributed by atoms with Crippen molar-refractivity contribution in [2.45, 2.75) is 13.8 Å². The summed E-state index contributed by atoms with van der Waals surface area (Å²) < 4.78 is 0. The predicted molar refractivity (Wildman–Crippen MR) is 61.4 cm³/mol. The highest BCUT2D eigenvalue weighted by Gasteiger charge is 2.03. The number of nitrogens with two attached hydrogens (primary N) is 1. The van der Waals surface area contributed by atoms with Crippen LogP contribution < -0.4 is 5.73 Å². The summed E-state index contributed by atoms with van der Waals surface area (Å²) in [6.07, 6.45) is 1.68. The van der Waals surface area contributed by atoms with Crippen LogP contribution in [0.1, 0.15) is 11.1 Å². The zero-order valence-corrected chi connectivity index (χ0v) is 8.86. The fraction of sp³-hybridized carbons (Fsp3) is 0.167. The molecule has 0 fully saturated rings. The van der Waals surface area contributed by atoms with Gasteiger partial charge in [0, 0.05) is 11.8 Å². The van der Waals surface area contributed by atoms with Gasteiger partial charge in [0.2, 0.25) is 5.95 Å². The molecule has 0 spiro atoms. The quantitative estimate of drug-likeness (QED) is 0.767. The maximum absolute atomic E-state index is 5.56. The van der Waals surface area contributed by atoms with Crippen LogP contribution >= 0.6 is 0 Å². The lowest BCUT2D eigenvalue weighted by molar-refractivity contribution is 1.18. The van der Waals surface area contributed by atoms with Crippen molar-refractivity contribution in [2.75, 3.05) is 5.73 Å². The van der Waals surface area contributed by atoms with Crippen LogP contribution in [0.2, 0.25) is 0 Å². The third kappa shape index (κ3) is 1.96. The molecule has 0 saturated heterocycles. The SMILES string of the molecule is Cc1ccc(C)c(-c2ccnc(N)n2)c1. The van der Waals surface area contributed by atoms with Gasteiger partial charge < -0.3 is 5.73 Å². The van der Waals surface area contributed by atoms with E-state index in [-0.39, 0.29) is 0 Å². The van der Waals surface area contributed by atoms with Gasteiger partial charge in [0.05, 0.1) is 5.69 Å². The van der Waals surface area contributed by atoms with Crippen LogP contribution in [0.4, 0.5) is 5.95 Å². The molecule has 2 aromatic rings. The van der Waals surface area contributed by atoms with Gasteiger partial charge in [-0.1, -0.05) is 17.7 Å². The fourth-order valence-electron chi connectivity index (χ4n) is 1.54. The highest BCUT2D eigenvalue weighted by molar-refractivity contribution is 5.64. The van der Waals surface area contributed by atoms with E-state index in [2.05, 4.69) is 42.0 Å². The summed E-state index contributed by atoms with van der Waals surface area (Å²) in [6, 6.07) is 8.15. The van der Waals surface area contributed by atoms with Gasteiger partial charge >= 0.3 is 0 Å². The number of nitrogens with zero attached hydrogens (tertiary/aromatic N) is 2. The van der Waals surface area contributed by atoms with E-state index in [0.29, 0.717) is 5.95 Å². The first-order chi connectivity index (χ1) is 7.16. The monoisotopic (exact) mass is 199 g/mol. The molecule has 1 aromatic carbocycles. The molecule has 0 atom stereocenters. The Morgan fingerprint density at radius 3 is 2.67 bits per heavy atom. The molecule has 0 aliphatic carbocycles. The van der Waals surface area contributed by atoms with Crippen LogP contribution in [-0.2, 0) is 0 Å². The lowest BCUT2D eigenvalue weighted by Crippen LogP contribution is -1.96. The van der Waals surface area contributed by atoms with Crippen LogP contribution in [0.5, 0.6) is 0 Å². The van der Waals surface area contributed by atoms with Gasteiger partial charge in [-0.3, -0.25) is 0 Å². The van der Waals surface area contributed by atoms with Crippen molar-refractivity contribution >= 4 is 5.95 Å². The Labute approximate surface area is 89.0 Å². The standard InChI is InChI=1S/C12H13N3/c1-8-3-4-9(2)10(7-8)11-5-6-14-12(13)15-11/h3-7H,1-2H3,(H2,13,14,15). The van der Waals surface area contributed by atoms with Gasteiger partial charge in [-0.25, -0.2) is 9.97 Å². The molecule has 0 bridgehead atoms. The summed E-state index contributed by atoms with van der Waals surface area (Å²) in [5, 5.41) is 0. The third-order valence-electron chi connectivity index (χ3n) is 2.34. The average Bonchev–Trinajstić information content (AvgIpc) is 2.22. The summed E-state index contributed by atoms with van der Waals surface area (Å²) in [4.78, 5) is 8.10. The average molecular weight is 199 g/mol. The van der Waals surface area contributed by atoms with Crippen molar-refractivity contribution in [3.63, 3.8) is 0 Å². The molecule has 0 amide bonds. The van der Waals surface area contributed by atoms with E-state index in [1.165, 1.54) is 11.1 Å². The zero-order chi connectivity index (χ0) is 10.8. The second kappa shape index (κ2) is 3.69. The number of aromatic nitrogens is 2. The molecule has 3 heteroatoms. The van der Waals surface area contributed by atoms with Crippen molar-refractivity contribution in [2.24, 2.45) is 0 Å². The summed E-state index contributed by atoms with van der Waals surface area (Å²) in [6.45, 7) is 4.13. The van der Waals surface area contributed by atoms with Crippen molar-refractivity contribution in [3.8, 4) is 11.3 Å². The van der Waals surface area contributed by atoms with Gasteiger partial charge in [-0.15, -0.1) is 0 Å². The highest BCUT2D eigenvalue weighted by Crippen LogP contribution is 2.22. The van der Waals surface area contributed by atoms with E-state index >= 15 is 0 Å². The molecular weight excluding hydrogens is 186 g/mol. The van der Waals surface area contributed by atoms with Gasteiger partial charge in [0.25, 0.3) is 0 Å². The summed E-state index contributed by atoms with van der Waals surface area (Å²) in [7, 11) is 0. The number of aryl methyl sites for hydroxylation is 2. The van der Waals surface area contributed by atoms with Crippen molar-refractivity contribution in [1.82, 2.24) is 9.97 Å². The maximum atomic E-state index is 5.56. The Kier molecular flexibility index (Phi) is 2.37. The maximum Gasteiger partial charge on any atom is 0.220 e. The normalized spacial score (nSPS) is 10.3. The van der Waals surface area contributed by atoms with Crippen LogP contribution in [0.3, 0.4) is 0 Å². The Morgan fingerprint density at radius 2 is 1.93 bits per heavy atom. The molecule has 1 heterocycles. The third-order valence-corrected chi connectivity index (χ3v) is 2.34. The molecule has 1 aromatic heterocycles. The van der Waals surface area contributed by atoms with E-state index in [1.54, 1.807) is 6.20 Å². The van der Waals surface area contributed by atoms with Crippen molar-refractivity contribution < 1.29 is 0 Å². The number of nitrogen functional groups attached to an aromatic ring is 1. The molecule has 3 nitrogen and oxygen atoms in total. The van der Waals surface area contributed by atoms with Crippen molar-refractivity contribution in [3.05, 3.63) is 41.6 Å². The Bertz CT molecular complexity index is 492. The lowest BCUT2D eigenvalue weighted by atomic mass is 10.0. The van der Waals surface area contributed by atoms with Crippen LogP contribution in [-0.4, -0.2) is 9.97 Å². The van der Waals surface area contributed by atoms with Crippen LogP contribution in [0.15, 0.2) is 30.5 Å². The first-order valence-electron chi connectivity index (χ1n) is 4.83. The fourth-order valence-corrected chi connectivity index (χ4v) is 1.54. The van der Waals surface area contributed by atoms with E-state index in [0.717, 1.165) is 11.3 Å². The minimum Gasteiger partial charge on any atom is -0.368 e. The molecule has 0 saturated carbocycles. The molecular formula is C12H13N3. The molecule has 0 unspecified atom stereocenters. The van der Waals surface area contributed by atoms with Crippen molar-refractivity contribution in [1.29, 1.82) is 0 Å². The Balaban J connectivity index is 2.58. The number of benzene rings is 1. The van der Waals surface area contributed by atoms with Gasteiger partial charge in [-0.05, 0) is 31.5 Å². The van der Waals surface area contributed by atoms with E-state index in [1.807, 2.05) is 6.07 Å². The number of hydrogen-bond donors (Lipinski definition) is 1. The molecule has 76 valence electrons. The number of rotatable bonds is 1. The minimum absolute atomic E-state index is 0.313. The zero-order valence-electron chi connectivity index (χ0n) is 8.86. The smallest absolute Gasteiger partial charge is 0.220 e. The topological polar surface area (TPSA) is 51.8 Å². The largest absolute Gasteiger partial charge is 0.368 e. The first-order valence-corrected chi connectivity index (χ1v) is 4.83. The van der Waals surface area contributed by atoms with Gasteiger partial charge in [-0.2, -0.15) is 0 Å². The Hall–Kier alpha value is -1.90. The molecule has 2 N–H and O–H groups in total. The van der Waals surface area contributed by atoms with Gasteiger partial charge in [0.15, 0.2) is 0 Å². The number of hydrogen-bond acceptors (Lipinski definition) is 3. The molecule has 2 rings (SSSR count). The van der Waals surface area contributed by atoms with Gasteiger partial charge in [0.1, 0.15) is 0 Å². The van der Waals surface area contributed by atoms with E-state index in [4.69, 9.17) is 5.73 Å². The predicted octanol–water partition coefficient (Wildman–Crippen LogP) is 2.34. The Morgan fingerprint density at radius 1 is 1.13 bits per heavy atom. The van der Waals surface area contributed by atoms with E-state index < -0.39 is 0 Å². The molecule has 0 aliphatic heterocycles. The molecule has 0 aliphatic rings. The van der Waals surface area contributed by atoms with Crippen LogP contribution in [0.25, 0.3) is 11.3 Å². The second-order valence-corrected chi connectivity index (χ2v) is 3.62. The number of anilines is 1. The molecule has 0 radical (unpaired) electrons. The summed E-state index contributed by atoms with van der Waals surface area (Å²) in [5.41, 5.74) is 9.96. The van der Waals surface area contributed by atoms with E-state index in [9.17, 15) is 0 Å². The lowest BCUT2D eigenvalue weighted by Gasteiger charge is -2.06.